The van der Waals surface area contributed by atoms with Crippen LogP contribution in [0.5, 0.6) is 5.75 Å². The number of carbonyl (C=O) groups is 1. The van der Waals surface area contributed by atoms with Gasteiger partial charge in [0, 0.05) is 13.1 Å². The molecule has 0 aromatic heterocycles. The summed E-state index contributed by atoms with van der Waals surface area (Å²) in [7, 11) is 0. The Morgan fingerprint density at radius 3 is 3.00 bits per heavy atom. The van der Waals surface area contributed by atoms with Gasteiger partial charge in [-0.05, 0) is 17.7 Å². The third-order valence-corrected chi connectivity index (χ3v) is 2.71. The van der Waals surface area contributed by atoms with E-state index in [1.54, 1.807) is 23.1 Å². The Balaban J connectivity index is 2.04. The van der Waals surface area contributed by atoms with Gasteiger partial charge in [-0.2, -0.15) is 0 Å². The van der Waals surface area contributed by atoms with Gasteiger partial charge in [-0.15, -0.1) is 0 Å². The first-order chi connectivity index (χ1) is 8.19. The minimum Gasteiger partial charge on any atom is -0.508 e. The van der Waals surface area contributed by atoms with Gasteiger partial charge in [-0.3, -0.25) is 4.79 Å². The maximum absolute atomic E-state index is 11.6. The highest BCUT2D eigenvalue weighted by molar-refractivity contribution is 5.78. The van der Waals surface area contributed by atoms with E-state index in [0.29, 0.717) is 13.1 Å². The summed E-state index contributed by atoms with van der Waals surface area (Å²) in [6.07, 6.45) is -0.315. The molecule has 1 unspecified atom stereocenters. The van der Waals surface area contributed by atoms with E-state index >= 15 is 0 Å². The van der Waals surface area contributed by atoms with Gasteiger partial charge in [0.2, 0.25) is 5.91 Å². The number of ether oxygens (including phenoxy) is 1. The second kappa shape index (κ2) is 5.16. The summed E-state index contributed by atoms with van der Waals surface area (Å²) >= 11 is 0. The number of benzene rings is 1. The molecule has 1 fully saturated rings. The van der Waals surface area contributed by atoms with Gasteiger partial charge in [-0.25, -0.2) is 0 Å². The zero-order valence-electron chi connectivity index (χ0n) is 9.37. The number of nitrogens with zero attached hydrogens (tertiary/aromatic N) is 1. The normalized spacial score (nSPS) is 20.6. The molecule has 1 aliphatic rings. The number of carbonyl (C=O) groups excluding carboxylic acids is 1. The van der Waals surface area contributed by atoms with Gasteiger partial charge < -0.3 is 19.8 Å². The molecule has 92 valence electrons. The van der Waals surface area contributed by atoms with Crippen molar-refractivity contribution in [1.29, 1.82) is 0 Å². The van der Waals surface area contributed by atoms with Crippen molar-refractivity contribution in [1.82, 2.24) is 4.90 Å². The average molecular weight is 237 g/mol. The second-order valence-electron chi connectivity index (χ2n) is 4.06. The summed E-state index contributed by atoms with van der Waals surface area (Å²) in [5.74, 6) is 0.0833. The lowest BCUT2D eigenvalue weighted by Gasteiger charge is -2.31. The zero-order valence-corrected chi connectivity index (χ0v) is 9.37. The van der Waals surface area contributed by atoms with Crippen LogP contribution < -0.4 is 0 Å². The lowest BCUT2D eigenvalue weighted by molar-refractivity contribution is -0.151. The molecule has 0 aliphatic carbocycles. The van der Waals surface area contributed by atoms with E-state index in [1.807, 2.05) is 6.07 Å². The molecular formula is C12H15NO4. The predicted molar refractivity (Wildman–Crippen MR) is 60.3 cm³/mol. The van der Waals surface area contributed by atoms with Crippen molar-refractivity contribution in [3.63, 3.8) is 0 Å². The minimum atomic E-state index is -0.315. The van der Waals surface area contributed by atoms with Gasteiger partial charge in [0.15, 0.2) is 0 Å². The molecule has 1 aromatic carbocycles. The summed E-state index contributed by atoms with van der Waals surface area (Å²) in [6, 6.07) is 6.79. The predicted octanol–water partition coefficient (Wildman–Crippen LogP) is 0.112. The first kappa shape index (κ1) is 11.9. The molecule has 2 N–H and O–H groups in total. The summed E-state index contributed by atoms with van der Waals surface area (Å²) < 4.78 is 5.14. The number of aromatic hydroxyl groups is 1. The summed E-state index contributed by atoms with van der Waals surface area (Å²) in [4.78, 5) is 13.2. The third-order valence-electron chi connectivity index (χ3n) is 2.71. The van der Waals surface area contributed by atoms with Crippen molar-refractivity contribution in [3.05, 3.63) is 29.8 Å². The van der Waals surface area contributed by atoms with Gasteiger partial charge in [0.25, 0.3) is 0 Å². The number of aliphatic hydroxyl groups excluding tert-OH is 1. The first-order valence-corrected chi connectivity index (χ1v) is 5.47. The fraction of sp³-hybridized carbons (Fsp3) is 0.417. The van der Waals surface area contributed by atoms with Crippen LogP contribution in [0, 0.1) is 0 Å². The lowest BCUT2D eigenvalue weighted by atomic mass is 10.2. The van der Waals surface area contributed by atoms with E-state index in [0.717, 1.165) is 5.56 Å². The van der Waals surface area contributed by atoms with E-state index in [4.69, 9.17) is 9.84 Å². The molecule has 1 heterocycles. The molecule has 1 saturated heterocycles. The quantitative estimate of drug-likeness (QED) is 0.783. The Labute approximate surface area is 99.2 Å². The highest BCUT2D eigenvalue weighted by Gasteiger charge is 2.25. The number of hydrogen-bond acceptors (Lipinski definition) is 4. The van der Waals surface area contributed by atoms with Crippen molar-refractivity contribution in [3.8, 4) is 5.75 Å². The van der Waals surface area contributed by atoms with Crippen molar-refractivity contribution in [2.75, 3.05) is 19.8 Å². The van der Waals surface area contributed by atoms with Crippen LogP contribution in [0.1, 0.15) is 5.56 Å². The average Bonchev–Trinajstić information content (AvgIpc) is 2.32. The Morgan fingerprint density at radius 1 is 1.47 bits per heavy atom. The van der Waals surface area contributed by atoms with Crippen molar-refractivity contribution in [2.24, 2.45) is 0 Å². The number of rotatable bonds is 3. The molecule has 0 radical (unpaired) electrons. The van der Waals surface area contributed by atoms with Gasteiger partial charge in [0.05, 0.1) is 12.7 Å². The Kier molecular flexibility index (Phi) is 3.61. The standard InChI is InChI=1S/C12H15NO4/c14-7-11-6-13(12(16)8-17-11)5-9-2-1-3-10(15)4-9/h1-4,11,14-15H,5-8H2. The molecule has 17 heavy (non-hydrogen) atoms. The van der Waals surface area contributed by atoms with Crippen molar-refractivity contribution < 1.29 is 19.7 Å². The van der Waals surface area contributed by atoms with Gasteiger partial charge in [0.1, 0.15) is 12.4 Å². The van der Waals surface area contributed by atoms with Crippen LogP contribution in [0.2, 0.25) is 0 Å². The second-order valence-corrected chi connectivity index (χ2v) is 4.06. The van der Waals surface area contributed by atoms with Crippen LogP contribution in [-0.4, -0.2) is 46.9 Å². The molecule has 1 atom stereocenters. The summed E-state index contributed by atoms with van der Waals surface area (Å²) in [5, 5.41) is 18.3. The van der Waals surface area contributed by atoms with Gasteiger partial charge in [-0.1, -0.05) is 12.1 Å². The van der Waals surface area contributed by atoms with Crippen LogP contribution in [0.3, 0.4) is 0 Å². The van der Waals surface area contributed by atoms with E-state index < -0.39 is 0 Å². The highest BCUT2D eigenvalue weighted by Crippen LogP contribution is 2.15. The molecule has 0 saturated carbocycles. The molecule has 0 bridgehead atoms. The first-order valence-electron chi connectivity index (χ1n) is 5.47. The molecule has 1 aromatic rings. The number of aliphatic hydroxyl groups is 1. The van der Waals surface area contributed by atoms with E-state index in [1.165, 1.54) is 0 Å². The molecular weight excluding hydrogens is 222 g/mol. The lowest BCUT2D eigenvalue weighted by Crippen LogP contribution is -2.47. The number of phenols is 1. The van der Waals surface area contributed by atoms with Crippen LogP contribution >= 0.6 is 0 Å². The zero-order chi connectivity index (χ0) is 12.3. The van der Waals surface area contributed by atoms with Crippen molar-refractivity contribution >= 4 is 5.91 Å². The monoisotopic (exact) mass is 237 g/mol. The number of amides is 1. The maximum atomic E-state index is 11.6. The maximum Gasteiger partial charge on any atom is 0.248 e. The smallest absolute Gasteiger partial charge is 0.248 e. The Hall–Kier alpha value is -1.59. The molecule has 1 amide bonds. The Morgan fingerprint density at radius 2 is 2.29 bits per heavy atom. The minimum absolute atomic E-state index is 0.00401. The molecule has 0 spiro atoms. The topological polar surface area (TPSA) is 70.0 Å². The summed E-state index contributed by atoms with van der Waals surface area (Å²) in [5.41, 5.74) is 0.858. The van der Waals surface area contributed by atoms with Crippen LogP contribution in [-0.2, 0) is 16.1 Å². The largest absolute Gasteiger partial charge is 0.508 e. The van der Waals surface area contributed by atoms with Crippen LogP contribution in [0.15, 0.2) is 24.3 Å². The summed E-state index contributed by atoms with van der Waals surface area (Å²) in [6.45, 7) is 0.714. The number of hydrogen-bond donors (Lipinski definition) is 2. The van der Waals surface area contributed by atoms with E-state index in [-0.39, 0.29) is 31.0 Å². The molecule has 2 rings (SSSR count). The third kappa shape index (κ3) is 2.95. The molecule has 5 nitrogen and oxygen atoms in total. The SMILES string of the molecule is O=C1COC(CO)CN1Cc1cccc(O)c1. The van der Waals surface area contributed by atoms with E-state index in [2.05, 4.69) is 0 Å². The van der Waals surface area contributed by atoms with E-state index in [9.17, 15) is 9.90 Å². The fourth-order valence-electron chi connectivity index (χ4n) is 1.82. The van der Waals surface area contributed by atoms with Crippen LogP contribution in [0.4, 0.5) is 0 Å². The number of morpholine rings is 1. The Bertz CT molecular complexity index is 407. The fourth-order valence-corrected chi connectivity index (χ4v) is 1.82. The van der Waals surface area contributed by atoms with Crippen LogP contribution in [0.25, 0.3) is 0 Å². The highest BCUT2D eigenvalue weighted by atomic mass is 16.5. The molecule has 5 heteroatoms. The molecule has 1 aliphatic heterocycles. The van der Waals surface area contributed by atoms with Crippen molar-refractivity contribution in [2.45, 2.75) is 12.6 Å². The number of phenolic OH excluding ortho intramolecular Hbond substituents is 1. The van der Waals surface area contributed by atoms with Gasteiger partial charge >= 0.3 is 0 Å².